The molecule has 1 atom stereocenters. The Morgan fingerprint density at radius 2 is 1.95 bits per heavy atom. The van der Waals surface area contributed by atoms with Crippen LogP contribution in [0.1, 0.15) is 64.5 Å². The van der Waals surface area contributed by atoms with Crippen molar-refractivity contribution in [1.29, 1.82) is 0 Å². The molecule has 106 valence electrons. The normalized spacial score (nSPS) is 19.6. The lowest BCUT2D eigenvalue weighted by molar-refractivity contribution is 0.0235. The summed E-state index contributed by atoms with van der Waals surface area (Å²) in [5.74, 6) is 0.857. The fourth-order valence-electron chi connectivity index (χ4n) is 3.28. The van der Waals surface area contributed by atoms with E-state index in [0.29, 0.717) is 0 Å². The molecule has 0 saturated heterocycles. The maximum absolute atomic E-state index is 10.8. The Kier molecular flexibility index (Phi) is 4.51. The maximum atomic E-state index is 10.8. The molecule has 1 aromatic carbocycles. The number of aliphatic hydroxyl groups is 1. The van der Waals surface area contributed by atoms with Crippen LogP contribution in [0, 0.1) is 5.41 Å². The molecular formula is C17H26O2. The molecule has 0 radical (unpaired) electrons. The Bertz CT molecular complexity index is 405. The highest BCUT2D eigenvalue weighted by molar-refractivity contribution is 5.31. The van der Waals surface area contributed by atoms with Crippen LogP contribution in [0.4, 0.5) is 0 Å². The van der Waals surface area contributed by atoms with E-state index in [1.54, 1.807) is 0 Å². The summed E-state index contributed by atoms with van der Waals surface area (Å²) in [6.07, 6.45) is 5.61. The summed E-state index contributed by atoms with van der Waals surface area (Å²) in [7, 11) is 0. The molecule has 0 aliphatic heterocycles. The summed E-state index contributed by atoms with van der Waals surface area (Å²) in [5, 5.41) is 10.8. The van der Waals surface area contributed by atoms with Crippen molar-refractivity contribution in [2.24, 2.45) is 5.41 Å². The molecule has 0 bridgehead atoms. The summed E-state index contributed by atoms with van der Waals surface area (Å²) in [5.41, 5.74) is 1.08. The van der Waals surface area contributed by atoms with E-state index < -0.39 is 0 Å². The van der Waals surface area contributed by atoms with E-state index in [9.17, 15) is 5.11 Å². The molecule has 2 rings (SSSR count). The van der Waals surface area contributed by atoms with E-state index in [1.807, 2.05) is 38.1 Å². The number of ether oxygens (including phenoxy) is 1. The third-order valence-corrected chi connectivity index (χ3v) is 4.43. The van der Waals surface area contributed by atoms with Crippen LogP contribution in [0.15, 0.2) is 24.3 Å². The minimum absolute atomic E-state index is 0.0798. The van der Waals surface area contributed by atoms with Crippen LogP contribution in [-0.2, 0) is 0 Å². The Balaban J connectivity index is 2.20. The molecule has 1 aliphatic carbocycles. The van der Waals surface area contributed by atoms with Gasteiger partial charge in [0.1, 0.15) is 5.75 Å². The molecule has 19 heavy (non-hydrogen) atoms. The standard InChI is InChI=1S/C17H26O2/c1-4-17(10-5-6-11-17)16(18)14-8-7-9-15(12-14)19-13(2)3/h7-9,12-13,16,18H,4-6,10-11H2,1-3H3. The molecule has 1 aromatic rings. The second-order valence-corrected chi connectivity index (χ2v) is 6.06. The smallest absolute Gasteiger partial charge is 0.120 e. The SMILES string of the molecule is CCC1(C(O)c2cccc(OC(C)C)c2)CCCC1. The highest BCUT2D eigenvalue weighted by Crippen LogP contribution is 2.50. The van der Waals surface area contributed by atoms with Crippen molar-refractivity contribution in [3.8, 4) is 5.75 Å². The lowest BCUT2D eigenvalue weighted by atomic mass is 9.75. The first-order chi connectivity index (χ1) is 9.07. The first kappa shape index (κ1) is 14.4. The highest BCUT2D eigenvalue weighted by atomic mass is 16.5. The molecule has 1 aliphatic rings. The van der Waals surface area contributed by atoms with Crippen molar-refractivity contribution in [3.63, 3.8) is 0 Å². The zero-order valence-corrected chi connectivity index (χ0v) is 12.4. The maximum Gasteiger partial charge on any atom is 0.120 e. The van der Waals surface area contributed by atoms with Gasteiger partial charge in [0.2, 0.25) is 0 Å². The van der Waals surface area contributed by atoms with Gasteiger partial charge in [-0.25, -0.2) is 0 Å². The summed E-state index contributed by atoms with van der Waals surface area (Å²) in [4.78, 5) is 0. The fourth-order valence-corrected chi connectivity index (χ4v) is 3.28. The molecule has 0 spiro atoms. The molecular weight excluding hydrogens is 236 g/mol. The monoisotopic (exact) mass is 262 g/mol. The summed E-state index contributed by atoms with van der Waals surface area (Å²) in [6.45, 7) is 6.24. The molecule has 0 amide bonds. The second-order valence-electron chi connectivity index (χ2n) is 6.06. The quantitative estimate of drug-likeness (QED) is 0.848. The Morgan fingerprint density at radius 1 is 1.26 bits per heavy atom. The fraction of sp³-hybridized carbons (Fsp3) is 0.647. The van der Waals surface area contributed by atoms with Gasteiger partial charge in [-0.1, -0.05) is 31.9 Å². The molecule has 1 saturated carbocycles. The van der Waals surface area contributed by atoms with E-state index in [1.165, 1.54) is 12.8 Å². The van der Waals surface area contributed by atoms with E-state index >= 15 is 0 Å². The van der Waals surface area contributed by atoms with Gasteiger partial charge < -0.3 is 9.84 Å². The Morgan fingerprint density at radius 3 is 2.53 bits per heavy atom. The van der Waals surface area contributed by atoms with E-state index in [2.05, 4.69) is 6.92 Å². The Labute approximate surface area is 116 Å². The predicted octanol–water partition coefficient (Wildman–Crippen LogP) is 4.48. The summed E-state index contributed by atoms with van der Waals surface area (Å²) >= 11 is 0. The van der Waals surface area contributed by atoms with Gasteiger partial charge in [0.15, 0.2) is 0 Å². The zero-order valence-electron chi connectivity index (χ0n) is 12.4. The second kappa shape index (κ2) is 5.96. The molecule has 1 unspecified atom stereocenters. The highest BCUT2D eigenvalue weighted by Gasteiger charge is 2.39. The van der Waals surface area contributed by atoms with Crippen molar-refractivity contribution < 1.29 is 9.84 Å². The number of benzene rings is 1. The molecule has 1 N–H and O–H groups in total. The van der Waals surface area contributed by atoms with Crippen molar-refractivity contribution in [1.82, 2.24) is 0 Å². The van der Waals surface area contributed by atoms with Gasteiger partial charge in [0, 0.05) is 5.41 Å². The van der Waals surface area contributed by atoms with Crippen LogP contribution >= 0.6 is 0 Å². The average Bonchev–Trinajstić information content (AvgIpc) is 2.87. The lowest BCUT2D eigenvalue weighted by Gasteiger charge is -2.33. The van der Waals surface area contributed by atoms with Crippen molar-refractivity contribution >= 4 is 0 Å². The van der Waals surface area contributed by atoms with Crippen LogP contribution < -0.4 is 4.74 Å². The van der Waals surface area contributed by atoms with Crippen LogP contribution in [-0.4, -0.2) is 11.2 Å². The van der Waals surface area contributed by atoms with Gasteiger partial charge in [0.25, 0.3) is 0 Å². The minimum atomic E-state index is -0.365. The van der Waals surface area contributed by atoms with E-state index in [4.69, 9.17) is 4.74 Å². The number of hydrogen-bond donors (Lipinski definition) is 1. The van der Waals surface area contributed by atoms with Crippen LogP contribution in [0.3, 0.4) is 0 Å². The van der Waals surface area contributed by atoms with Crippen molar-refractivity contribution in [2.45, 2.75) is 65.1 Å². The lowest BCUT2D eigenvalue weighted by Crippen LogP contribution is -2.25. The van der Waals surface area contributed by atoms with Crippen LogP contribution in [0.25, 0.3) is 0 Å². The summed E-state index contributed by atoms with van der Waals surface area (Å²) < 4.78 is 5.72. The molecule has 2 nitrogen and oxygen atoms in total. The number of aliphatic hydroxyl groups excluding tert-OH is 1. The predicted molar refractivity (Wildman–Crippen MR) is 78.4 cm³/mol. The van der Waals surface area contributed by atoms with E-state index in [0.717, 1.165) is 30.6 Å². The first-order valence-electron chi connectivity index (χ1n) is 7.52. The van der Waals surface area contributed by atoms with Gasteiger partial charge in [-0.05, 0) is 50.8 Å². The molecule has 1 fully saturated rings. The van der Waals surface area contributed by atoms with Gasteiger partial charge in [-0.15, -0.1) is 0 Å². The third kappa shape index (κ3) is 3.11. The topological polar surface area (TPSA) is 29.5 Å². The third-order valence-electron chi connectivity index (χ3n) is 4.43. The molecule has 2 heteroatoms. The number of rotatable bonds is 5. The first-order valence-corrected chi connectivity index (χ1v) is 7.52. The average molecular weight is 262 g/mol. The minimum Gasteiger partial charge on any atom is -0.491 e. The van der Waals surface area contributed by atoms with Gasteiger partial charge in [-0.2, -0.15) is 0 Å². The van der Waals surface area contributed by atoms with Gasteiger partial charge in [-0.3, -0.25) is 0 Å². The number of hydrogen-bond acceptors (Lipinski definition) is 2. The van der Waals surface area contributed by atoms with E-state index in [-0.39, 0.29) is 17.6 Å². The van der Waals surface area contributed by atoms with Crippen molar-refractivity contribution in [2.75, 3.05) is 0 Å². The van der Waals surface area contributed by atoms with Crippen LogP contribution in [0.5, 0.6) is 5.75 Å². The van der Waals surface area contributed by atoms with Gasteiger partial charge in [0.05, 0.1) is 12.2 Å². The van der Waals surface area contributed by atoms with Crippen molar-refractivity contribution in [3.05, 3.63) is 29.8 Å². The van der Waals surface area contributed by atoms with Gasteiger partial charge >= 0.3 is 0 Å². The molecule has 0 heterocycles. The summed E-state index contributed by atoms with van der Waals surface area (Å²) in [6, 6.07) is 7.96. The molecule has 0 aromatic heterocycles. The van der Waals surface area contributed by atoms with Crippen LogP contribution in [0.2, 0.25) is 0 Å². The zero-order chi connectivity index (χ0) is 13.9. The Hall–Kier alpha value is -1.02. The largest absolute Gasteiger partial charge is 0.491 e.